The van der Waals surface area contributed by atoms with E-state index in [1.807, 2.05) is 0 Å². The van der Waals surface area contributed by atoms with Gasteiger partial charge < -0.3 is 29.6 Å². The van der Waals surface area contributed by atoms with Gasteiger partial charge in [-0.15, -0.1) is 0 Å². The van der Waals surface area contributed by atoms with E-state index >= 15 is 0 Å². The fourth-order valence-electron chi connectivity index (χ4n) is 3.22. The fraction of sp³-hybridized carbons (Fsp3) is 0.611. The predicted molar refractivity (Wildman–Crippen MR) is 94.9 cm³/mol. The maximum Gasteiger partial charge on any atom is 0.387 e. The third-order valence-corrected chi connectivity index (χ3v) is 4.67. The van der Waals surface area contributed by atoms with Crippen molar-refractivity contribution in [2.45, 2.75) is 19.5 Å². The molecule has 152 valence electrons. The normalized spacial score (nSPS) is 16.1. The Hall–Kier alpha value is -2.13. The van der Waals surface area contributed by atoms with Crippen molar-refractivity contribution in [3.05, 3.63) is 17.7 Å². The molecule has 9 heteroatoms. The zero-order chi connectivity index (χ0) is 19.9. The number of halogens is 2. The molecule has 0 saturated carbocycles. The summed E-state index contributed by atoms with van der Waals surface area (Å²) in [6, 6.07) is 2.70. The second-order valence-corrected chi connectivity index (χ2v) is 6.45. The molecule has 2 rings (SSSR count). The summed E-state index contributed by atoms with van der Waals surface area (Å²) in [6.45, 7) is -0.327. The van der Waals surface area contributed by atoms with Gasteiger partial charge in [0.2, 0.25) is 5.75 Å². The topological polar surface area (TPSA) is 78.1 Å². The molecular formula is C18H26F2N2O5. The highest BCUT2D eigenvalue weighted by Crippen LogP contribution is 2.39. The van der Waals surface area contributed by atoms with Crippen molar-refractivity contribution in [1.82, 2.24) is 10.6 Å². The lowest BCUT2D eigenvalue weighted by molar-refractivity contribution is -0.0526. The molecule has 1 aromatic rings. The molecule has 0 unspecified atom stereocenters. The predicted octanol–water partition coefficient (Wildman–Crippen LogP) is 2.05. The van der Waals surface area contributed by atoms with E-state index in [1.165, 1.54) is 26.4 Å². The molecule has 1 saturated heterocycles. The third-order valence-electron chi connectivity index (χ3n) is 4.67. The molecule has 7 nitrogen and oxygen atoms in total. The molecule has 0 aromatic heterocycles. The molecule has 0 spiro atoms. The Bertz CT molecular complexity index is 606. The number of ether oxygens (including phenoxy) is 4. The number of hydrogen-bond acceptors (Lipinski definition) is 6. The molecule has 0 aliphatic carbocycles. The molecule has 0 atom stereocenters. The molecule has 2 N–H and O–H groups in total. The second-order valence-electron chi connectivity index (χ2n) is 6.45. The number of alkyl halides is 2. The lowest BCUT2D eigenvalue weighted by Crippen LogP contribution is -2.47. The highest BCUT2D eigenvalue weighted by molar-refractivity contribution is 5.95. The van der Waals surface area contributed by atoms with Crippen molar-refractivity contribution < 1.29 is 32.5 Å². The summed E-state index contributed by atoms with van der Waals surface area (Å²) in [5, 5.41) is 6.20. The van der Waals surface area contributed by atoms with Gasteiger partial charge in [-0.2, -0.15) is 8.78 Å². The van der Waals surface area contributed by atoms with Crippen LogP contribution in [0.15, 0.2) is 12.1 Å². The van der Waals surface area contributed by atoms with Gasteiger partial charge in [-0.3, -0.25) is 4.79 Å². The van der Waals surface area contributed by atoms with E-state index in [0.717, 1.165) is 25.9 Å². The van der Waals surface area contributed by atoms with Gasteiger partial charge in [0.1, 0.15) is 0 Å². The zero-order valence-corrected chi connectivity index (χ0v) is 15.8. The van der Waals surface area contributed by atoms with E-state index in [0.29, 0.717) is 13.2 Å². The monoisotopic (exact) mass is 388 g/mol. The summed E-state index contributed by atoms with van der Waals surface area (Å²) in [5.41, 5.74) is 0.0922. The molecule has 1 amide bonds. The SMILES string of the molecule is COCC1(CNC(=O)c2cc(OC)c(OC(F)F)c(OC)c2)CCNCC1. The van der Waals surface area contributed by atoms with Gasteiger partial charge in [0.15, 0.2) is 11.5 Å². The average Bonchev–Trinajstić information content (AvgIpc) is 2.66. The number of carbonyl (C=O) groups is 1. The molecule has 1 heterocycles. The Morgan fingerprint density at radius 2 is 1.78 bits per heavy atom. The van der Waals surface area contributed by atoms with Crippen LogP contribution in [0.1, 0.15) is 23.2 Å². The Morgan fingerprint density at radius 3 is 2.26 bits per heavy atom. The highest BCUT2D eigenvalue weighted by atomic mass is 19.3. The van der Waals surface area contributed by atoms with Crippen LogP contribution in [-0.4, -0.2) is 60.1 Å². The number of carbonyl (C=O) groups excluding carboxylic acids is 1. The number of rotatable bonds is 9. The number of benzene rings is 1. The van der Waals surface area contributed by atoms with Crippen molar-refractivity contribution in [3.63, 3.8) is 0 Å². The van der Waals surface area contributed by atoms with E-state index in [9.17, 15) is 13.6 Å². The van der Waals surface area contributed by atoms with Gasteiger partial charge in [-0.05, 0) is 38.1 Å². The van der Waals surface area contributed by atoms with Gasteiger partial charge in [0.05, 0.1) is 20.8 Å². The number of piperidine rings is 1. The van der Waals surface area contributed by atoms with Crippen LogP contribution in [0.5, 0.6) is 17.2 Å². The van der Waals surface area contributed by atoms with Crippen molar-refractivity contribution >= 4 is 5.91 Å². The molecule has 1 fully saturated rings. The van der Waals surface area contributed by atoms with Crippen LogP contribution in [0.3, 0.4) is 0 Å². The smallest absolute Gasteiger partial charge is 0.387 e. The average molecular weight is 388 g/mol. The van der Waals surface area contributed by atoms with E-state index in [4.69, 9.17) is 14.2 Å². The second kappa shape index (κ2) is 9.70. The van der Waals surface area contributed by atoms with Crippen molar-refractivity contribution in [2.24, 2.45) is 5.41 Å². The van der Waals surface area contributed by atoms with Crippen LogP contribution in [-0.2, 0) is 4.74 Å². The van der Waals surface area contributed by atoms with Crippen LogP contribution in [0.25, 0.3) is 0 Å². The number of nitrogens with one attached hydrogen (secondary N) is 2. The molecule has 0 bridgehead atoms. The van der Waals surface area contributed by atoms with Crippen molar-refractivity contribution in [3.8, 4) is 17.2 Å². The summed E-state index contributed by atoms with van der Waals surface area (Å²) in [4.78, 5) is 12.6. The first-order chi connectivity index (χ1) is 12.9. The summed E-state index contributed by atoms with van der Waals surface area (Å²) < 4.78 is 45.2. The maximum atomic E-state index is 12.6. The minimum atomic E-state index is -3.04. The Kier molecular flexibility index (Phi) is 7.61. The number of amides is 1. The summed E-state index contributed by atoms with van der Waals surface area (Å²) >= 11 is 0. The summed E-state index contributed by atoms with van der Waals surface area (Å²) in [6.07, 6.45) is 1.77. The van der Waals surface area contributed by atoms with Crippen LogP contribution < -0.4 is 24.8 Å². The van der Waals surface area contributed by atoms with E-state index in [2.05, 4.69) is 15.4 Å². The molecule has 1 aliphatic rings. The minimum Gasteiger partial charge on any atom is -0.493 e. The first kappa shape index (κ1) is 21.2. The number of hydrogen-bond donors (Lipinski definition) is 2. The van der Waals surface area contributed by atoms with Gasteiger partial charge >= 0.3 is 6.61 Å². The lowest BCUT2D eigenvalue weighted by Gasteiger charge is -2.37. The largest absolute Gasteiger partial charge is 0.493 e. The Labute approximate surface area is 157 Å². The Balaban J connectivity index is 2.17. The zero-order valence-electron chi connectivity index (χ0n) is 15.8. The summed E-state index contributed by atoms with van der Waals surface area (Å²) in [5.74, 6) is -0.619. The third kappa shape index (κ3) is 5.43. The Morgan fingerprint density at radius 1 is 1.19 bits per heavy atom. The molecule has 1 aliphatic heterocycles. The van der Waals surface area contributed by atoms with Gasteiger partial charge in [0, 0.05) is 24.6 Å². The molecule has 27 heavy (non-hydrogen) atoms. The molecular weight excluding hydrogens is 362 g/mol. The maximum absolute atomic E-state index is 12.6. The van der Waals surface area contributed by atoms with E-state index in [-0.39, 0.29) is 34.1 Å². The van der Waals surface area contributed by atoms with Gasteiger partial charge in [-0.25, -0.2) is 0 Å². The van der Waals surface area contributed by atoms with Crippen molar-refractivity contribution in [2.75, 3.05) is 47.6 Å². The lowest BCUT2D eigenvalue weighted by atomic mass is 9.79. The minimum absolute atomic E-state index is 0.00623. The first-order valence-electron chi connectivity index (χ1n) is 8.63. The number of methoxy groups -OCH3 is 3. The van der Waals surface area contributed by atoms with Gasteiger partial charge in [0.25, 0.3) is 5.91 Å². The standard InChI is InChI=1S/C18H26F2N2O5/c1-24-11-18(4-6-21-7-5-18)10-22-16(23)12-8-13(25-2)15(27-17(19)20)14(9-12)26-3/h8-9,17,21H,4-7,10-11H2,1-3H3,(H,22,23). The fourth-order valence-corrected chi connectivity index (χ4v) is 3.22. The van der Waals surface area contributed by atoms with Crippen molar-refractivity contribution in [1.29, 1.82) is 0 Å². The highest BCUT2D eigenvalue weighted by Gasteiger charge is 2.32. The molecule has 0 radical (unpaired) electrons. The van der Waals surface area contributed by atoms with Crippen LogP contribution >= 0.6 is 0 Å². The molecule has 1 aromatic carbocycles. The first-order valence-corrected chi connectivity index (χ1v) is 8.63. The quantitative estimate of drug-likeness (QED) is 0.674. The van der Waals surface area contributed by atoms with Crippen LogP contribution in [0.4, 0.5) is 8.78 Å². The van der Waals surface area contributed by atoms with Gasteiger partial charge in [-0.1, -0.05) is 0 Å². The van der Waals surface area contributed by atoms with E-state index in [1.54, 1.807) is 7.11 Å². The summed E-state index contributed by atoms with van der Waals surface area (Å²) in [7, 11) is 4.25. The van der Waals surface area contributed by atoms with Crippen LogP contribution in [0, 0.1) is 5.41 Å². The van der Waals surface area contributed by atoms with Crippen LogP contribution in [0.2, 0.25) is 0 Å². The van der Waals surface area contributed by atoms with E-state index < -0.39 is 6.61 Å².